The van der Waals surface area contributed by atoms with Crippen molar-refractivity contribution < 1.29 is 36.7 Å². The molecule has 1 N–H and O–H groups in total. The van der Waals surface area contributed by atoms with Crippen LogP contribution in [0.2, 0.25) is 0 Å². The van der Waals surface area contributed by atoms with E-state index in [0.29, 0.717) is 41.9 Å². The van der Waals surface area contributed by atoms with E-state index in [-0.39, 0.29) is 36.0 Å². The van der Waals surface area contributed by atoms with E-state index in [1.807, 2.05) is 24.3 Å². The van der Waals surface area contributed by atoms with Gasteiger partial charge in [0.15, 0.2) is 22.9 Å². The maximum absolute atomic E-state index is 12.0. The molecule has 3 heterocycles. The first kappa shape index (κ1) is 26.1. The monoisotopic (exact) mass is 558 g/mol. The largest absolute Gasteiger partial charge is 0.593 e. The summed E-state index contributed by atoms with van der Waals surface area (Å²) in [4.78, 5) is 15.7. The molecule has 2 aliphatic heterocycles. The van der Waals surface area contributed by atoms with E-state index in [0.717, 1.165) is 11.1 Å². The molecule has 5 rings (SSSR count). The van der Waals surface area contributed by atoms with Crippen molar-refractivity contribution >= 4 is 27.1 Å². The van der Waals surface area contributed by atoms with E-state index >= 15 is 0 Å². The summed E-state index contributed by atoms with van der Waals surface area (Å²) >= 11 is -1.41. The van der Waals surface area contributed by atoms with Crippen LogP contribution in [0.5, 0.6) is 28.9 Å². The average Bonchev–Trinajstić information content (AvgIpc) is 3.45. The number of carbonyl (C=O) groups is 1. The molecule has 0 radical (unpaired) electrons. The number of amides is 1. The Hall–Kier alpha value is -3.48. The molecule has 2 aliphatic rings. The summed E-state index contributed by atoms with van der Waals surface area (Å²) in [5.41, 5.74) is 1.66. The van der Waals surface area contributed by atoms with Crippen LogP contribution in [0.1, 0.15) is 35.3 Å². The van der Waals surface area contributed by atoms with Crippen LogP contribution < -0.4 is 23.7 Å². The van der Waals surface area contributed by atoms with Crippen molar-refractivity contribution in [3.63, 3.8) is 0 Å². The fourth-order valence-electron chi connectivity index (χ4n) is 4.14. The summed E-state index contributed by atoms with van der Waals surface area (Å²) in [5, 5.41) is -0.359. The third-order valence-electron chi connectivity index (χ3n) is 5.96. The summed E-state index contributed by atoms with van der Waals surface area (Å²) in [5.74, 6) is 2.44. The number of pyridine rings is 1. The number of nitrogens with zero attached hydrogens (tertiary/aromatic N) is 1. The highest BCUT2D eigenvalue weighted by Gasteiger charge is 2.37. The number of rotatable bonds is 10. The second kappa shape index (κ2) is 11.1. The average molecular weight is 559 g/mol. The lowest BCUT2D eigenvalue weighted by Gasteiger charge is -2.15. The summed E-state index contributed by atoms with van der Waals surface area (Å²) in [7, 11) is -3.02. The van der Waals surface area contributed by atoms with Gasteiger partial charge in [-0.3, -0.25) is 4.79 Å². The lowest BCUT2D eigenvalue weighted by Crippen LogP contribution is -2.21. The number of benzene rings is 2. The predicted octanol–water partition coefficient (Wildman–Crippen LogP) is 3.42. The second-order valence-electron chi connectivity index (χ2n) is 8.94. The Balaban J connectivity index is 1.19. The predicted molar refractivity (Wildman–Crippen MR) is 140 cm³/mol. The van der Waals surface area contributed by atoms with Crippen molar-refractivity contribution in [2.24, 2.45) is 0 Å². The van der Waals surface area contributed by atoms with Crippen LogP contribution in [0, 0.1) is 0 Å². The zero-order valence-corrected chi connectivity index (χ0v) is 22.1. The highest BCUT2D eigenvalue weighted by atomic mass is 32.2. The molecule has 0 aliphatic carbocycles. The van der Waals surface area contributed by atoms with Gasteiger partial charge in [0.05, 0.1) is 36.3 Å². The van der Waals surface area contributed by atoms with Gasteiger partial charge in [-0.15, -0.1) is 0 Å². The normalized spacial score (nSPS) is 20.4. The molecule has 1 fully saturated rings. The highest BCUT2D eigenvalue weighted by Crippen LogP contribution is 2.43. The third-order valence-corrected chi connectivity index (χ3v) is 8.37. The summed E-state index contributed by atoms with van der Waals surface area (Å²) in [6.45, 7) is 0.558. The van der Waals surface area contributed by atoms with Gasteiger partial charge >= 0.3 is 0 Å². The van der Waals surface area contributed by atoms with Crippen LogP contribution in [-0.4, -0.2) is 49.1 Å². The first-order valence-corrected chi connectivity index (χ1v) is 15.2. The maximum atomic E-state index is 12.0. The van der Waals surface area contributed by atoms with Crippen molar-refractivity contribution in [2.75, 3.05) is 25.2 Å². The van der Waals surface area contributed by atoms with E-state index in [9.17, 15) is 17.8 Å². The molecule has 0 saturated carbocycles. The van der Waals surface area contributed by atoms with Crippen molar-refractivity contribution in [2.45, 2.75) is 24.2 Å². The lowest BCUT2D eigenvalue weighted by molar-refractivity contribution is -0.118. The Labute approximate surface area is 223 Å². The first-order chi connectivity index (χ1) is 18.2. The summed E-state index contributed by atoms with van der Waals surface area (Å²) < 4.78 is 60.4. The van der Waals surface area contributed by atoms with E-state index in [4.69, 9.17) is 18.9 Å². The number of nitrogens with one attached hydrogen (secondary N) is 1. The number of carbonyl (C=O) groups excluding carboxylic acids is 1. The number of sulfone groups is 1. The fourth-order valence-corrected chi connectivity index (χ4v) is 5.94. The molecule has 2 unspecified atom stereocenters. The van der Waals surface area contributed by atoms with Gasteiger partial charge in [0.1, 0.15) is 27.9 Å². The lowest BCUT2D eigenvalue weighted by atomic mass is 10.1. The van der Waals surface area contributed by atoms with Crippen molar-refractivity contribution in [3.8, 4) is 28.9 Å². The molecule has 1 saturated heterocycles. The minimum absolute atomic E-state index is 0.0613. The van der Waals surface area contributed by atoms with E-state index in [1.165, 1.54) is 12.5 Å². The van der Waals surface area contributed by atoms with E-state index < -0.39 is 21.2 Å². The van der Waals surface area contributed by atoms with Crippen LogP contribution >= 0.6 is 0 Å². The zero-order valence-electron chi connectivity index (χ0n) is 20.5. The number of para-hydroxylation sites is 1. The second-order valence-corrected chi connectivity index (χ2v) is 12.6. The SMILES string of the molecule is CS(=O)(=O)CCCOc1ccc(Oc2cccc3c2OC[C@H]3Oc2ccc(C3CC(=O)N[S+]3[O-])cc2)cn1. The molecular formula is C26H26N2O8S2. The van der Waals surface area contributed by atoms with Crippen LogP contribution in [0.25, 0.3) is 0 Å². The number of aromatic nitrogens is 1. The van der Waals surface area contributed by atoms with Gasteiger partial charge in [-0.25, -0.2) is 13.4 Å². The Morgan fingerprint density at radius 2 is 1.92 bits per heavy atom. The molecule has 2 aromatic carbocycles. The van der Waals surface area contributed by atoms with Crippen molar-refractivity contribution in [1.82, 2.24) is 9.71 Å². The number of hydrogen-bond acceptors (Lipinski definition) is 9. The molecule has 3 aromatic rings. The van der Waals surface area contributed by atoms with Gasteiger partial charge in [0.2, 0.25) is 5.88 Å². The molecule has 1 amide bonds. The fraction of sp³-hybridized carbons (Fsp3) is 0.308. The molecule has 0 bridgehead atoms. The molecular weight excluding hydrogens is 532 g/mol. The topological polar surface area (TPSA) is 136 Å². The first-order valence-electron chi connectivity index (χ1n) is 11.9. The molecule has 10 nitrogen and oxygen atoms in total. The molecule has 12 heteroatoms. The van der Waals surface area contributed by atoms with Crippen molar-refractivity contribution in [1.29, 1.82) is 0 Å². The van der Waals surface area contributed by atoms with Crippen LogP contribution in [0.4, 0.5) is 0 Å². The number of hydrogen-bond donors (Lipinski definition) is 1. The minimum atomic E-state index is -3.02. The smallest absolute Gasteiger partial charge is 0.266 e. The zero-order chi connectivity index (χ0) is 26.7. The van der Waals surface area contributed by atoms with Crippen molar-refractivity contribution in [3.05, 3.63) is 71.9 Å². The Morgan fingerprint density at radius 1 is 1.13 bits per heavy atom. The van der Waals surface area contributed by atoms with Crippen LogP contribution in [0.3, 0.4) is 0 Å². The van der Waals surface area contributed by atoms with Gasteiger partial charge in [-0.1, -0.05) is 24.3 Å². The number of ether oxygens (including phenoxy) is 4. The van der Waals surface area contributed by atoms with Gasteiger partial charge < -0.3 is 23.5 Å². The van der Waals surface area contributed by atoms with Gasteiger partial charge in [-0.2, -0.15) is 4.72 Å². The summed E-state index contributed by atoms with van der Waals surface area (Å²) in [6.07, 6.45) is 2.97. The molecule has 38 heavy (non-hydrogen) atoms. The minimum Gasteiger partial charge on any atom is -0.593 e. The van der Waals surface area contributed by atoms with Crippen LogP contribution in [0.15, 0.2) is 60.8 Å². The Kier molecular flexibility index (Phi) is 7.63. The van der Waals surface area contributed by atoms with Crippen LogP contribution in [-0.2, 0) is 26.0 Å². The Bertz CT molecular complexity index is 1400. The summed E-state index contributed by atoms with van der Waals surface area (Å²) in [6, 6.07) is 16.2. The standard InChI is InChI=1S/C26H26N2O8S2/c1-38(31,32)13-3-12-33-25-11-10-19(15-27-25)36-21-5-2-4-20-22(16-34-26(20)21)35-18-8-6-17(7-9-18)23-14-24(29)28-37(23)30/h2,4-11,15,22-23H,3,12-14,16H2,1H3,(H,28,29)/t22-,23?,37?/m1/s1. The molecule has 0 spiro atoms. The maximum Gasteiger partial charge on any atom is 0.266 e. The highest BCUT2D eigenvalue weighted by molar-refractivity contribution is 7.91. The molecule has 3 atom stereocenters. The Morgan fingerprint density at radius 3 is 2.61 bits per heavy atom. The third kappa shape index (κ3) is 6.32. The molecule has 1 aromatic heterocycles. The van der Waals surface area contributed by atoms with Gasteiger partial charge in [0.25, 0.3) is 5.91 Å². The number of fused-ring (bicyclic) bond motifs is 1. The van der Waals surface area contributed by atoms with E-state index in [2.05, 4.69) is 9.71 Å². The van der Waals surface area contributed by atoms with E-state index in [1.54, 1.807) is 30.3 Å². The van der Waals surface area contributed by atoms with Gasteiger partial charge in [-0.05, 0) is 30.7 Å². The van der Waals surface area contributed by atoms with Gasteiger partial charge in [0, 0.05) is 23.4 Å². The molecule has 200 valence electrons. The quantitative estimate of drug-likeness (QED) is 0.293.